The number of anilines is 1. The Morgan fingerprint density at radius 3 is 2.40 bits per heavy atom. The van der Waals surface area contributed by atoms with Crippen molar-refractivity contribution >= 4 is 23.4 Å². The summed E-state index contributed by atoms with van der Waals surface area (Å²) < 4.78 is 0. The molecule has 25 heavy (non-hydrogen) atoms. The highest BCUT2D eigenvalue weighted by Crippen LogP contribution is 2.25. The van der Waals surface area contributed by atoms with Gasteiger partial charge in [0.15, 0.2) is 0 Å². The molecule has 0 aromatic heterocycles. The second kappa shape index (κ2) is 7.68. The van der Waals surface area contributed by atoms with E-state index in [2.05, 4.69) is 17.0 Å². The normalized spacial score (nSPS) is 17.5. The minimum absolute atomic E-state index is 0.0521. The molecule has 6 heteroatoms. The van der Waals surface area contributed by atoms with E-state index in [1.54, 1.807) is 11.9 Å². The first-order valence-corrected chi connectivity index (χ1v) is 8.96. The lowest BCUT2D eigenvalue weighted by atomic mass is 10.1. The van der Waals surface area contributed by atoms with Crippen molar-refractivity contribution in [1.29, 1.82) is 0 Å². The molecule has 0 saturated carbocycles. The largest absolute Gasteiger partial charge is 0.371 e. The second-order valence-corrected chi connectivity index (χ2v) is 6.76. The zero-order valence-electron chi connectivity index (χ0n) is 14.7. The first-order valence-electron chi connectivity index (χ1n) is 8.96. The van der Waals surface area contributed by atoms with Crippen LogP contribution in [0, 0.1) is 0 Å². The van der Waals surface area contributed by atoms with Crippen molar-refractivity contribution in [3.63, 3.8) is 0 Å². The first kappa shape index (κ1) is 17.5. The highest BCUT2D eigenvalue weighted by Gasteiger charge is 2.29. The molecule has 2 fully saturated rings. The predicted molar refractivity (Wildman–Crippen MR) is 94.9 cm³/mol. The number of rotatable bonds is 6. The fourth-order valence-electron chi connectivity index (χ4n) is 3.53. The summed E-state index contributed by atoms with van der Waals surface area (Å²) in [6.45, 7) is 2.85. The lowest BCUT2D eigenvalue weighted by Crippen LogP contribution is -2.35. The van der Waals surface area contributed by atoms with Crippen molar-refractivity contribution in [1.82, 2.24) is 9.80 Å². The molecule has 3 amide bonds. The van der Waals surface area contributed by atoms with E-state index in [1.165, 1.54) is 23.4 Å². The molecule has 2 heterocycles. The van der Waals surface area contributed by atoms with Crippen molar-refractivity contribution in [2.75, 3.05) is 31.6 Å². The van der Waals surface area contributed by atoms with Crippen LogP contribution in [0.2, 0.25) is 0 Å². The van der Waals surface area contributed by atoms with E-state index >= 15 is 0 Å². The van der Waals surface area contributed by atoms with Gasteiger partial charge in [0.1, 0.15) is 0 Å². The lowest BCUT2D eigenvalue weighted by molar-refractivity contribution is -0.139. The van der Waals surface area contributed by atoms with Crippen LogP contribution in [0.25, 0.3) is 0 Å². The van der Waals surface area contributed by atoms with Gasteiger partial charge in [-0.3, -0.25) is 19.3 Å². The minimum atomic E-state index is -0.167. The molecule has 0 unspecified atom stereocenters. The first-order chi connectivity index (χ1) is 12.1. The van der Waals surface area contributed by atoms with Crippen molar-refractivity contribution < 1.29 is 14.4 Å². The summed E-state index contributed by atoms with van der Waals surface area (Å²) >= 11 is 0. The Morgan fingerprint density at radius 2 is 1.72 bits per heavy atom. The van der Waals surface area contributed by atoms with Crippen LogP contribution in [-0.4, -0.2) is 54.2 Å². The topological polar surface area (TPSA) is 60.9 Å². The van der Waals surface area contributed by atoms with Crippen LogP contribution in [0.5, 0.6) is 0 Å². The number of amides is 3. The minimum Gasteiger partial charge on any atom is -0.371 e. The maximum atomic E-state index is 12.4. The van der Waals surface area contributed by atoms with Gasteiger partial charge in [-0.15, -0.1) is 0 Å². The van der Waals surface area contributed by atoms with E-state index < -0.39 is 0 Å². The zero-order chi connectivity index (χ0) is 17.8. The van der Waals surface area contributed by atoms with Gasteiger partial charge >= 0.3 is 0 Å². The predicted octanol–water partition coefficient (Wildman–Crippen LogP) is 1.78. The highest BCUT2D eigenvalue weighted by molar-refractivity contribution is 6.02. The van der Waals surface area contributed by atoms with Gasteiger partial charge in [-0.05, 0) is 24.5 Å². The third-order valence-corrected chi connectivity index (χ3v) is 4.98. The molecule has 0 aliphatic carbocycles. The van der Waals surface area contributed by atoms with Crippen LogP contribution in [-0.2, 0) is 20.9 Å². The van der Waals surface area contributed by atoms with Crippen LogP contribution >= 0.6 is 0 Å². The maximum Gasteiger partial charge on any atom is 0.229 e. The smallest absolute Gasteiger partial charge is 0.229 e. The third kappa shape index (κ3) is 4.00. The monoisotopic (exact) mass is 343 g/mol. The zero-order valence-corrected chi connectivity index (χ0v) is 14.7. The summed E-state index contributed by atoms with van der Waals surface area (Å²) in [5, 5.41) is 0. The Bertz CT molecular complexity index is 652. The molecule has 134 valence electrons. The van der Waals surface area contributed by atoms with Gasteiger partial charge < -0.3 is 9.80 Å². The van der Waals surface area contributed by atoms with Crippen molar-refractivity contribution in [2.24, 2.45) is 0 Å². The molecule has 0 radical (unpaired) electrons. The van der Waals surface area contributed by atoms with E-state index in [9.17, 15) is 14.4 Å². The SMILES string of the molecule is CN(Cc1ccccc1N1CCCC1)C(=O)CCN1C(=O)CCC1=O. The van der Waals surface area contributed by atoms with E-state index in [0.29, 0.717) is 6.54 Å². The molecular weight excluding hydrogens is 318 g/mol. The van der Waals surface area contributed by atoms with Gasteiger partial charge in [0.2, 0.25) is 17.7 Å². The summed E-state index contributed by atoms with van der Waals surface area (Å²) in [5.41, 5.74) is 2.33. The second-order valence-electron chi connectivity index (χ2n) is 6.76. The molecule has 2 aliphatic rings. The van der Waals surface area contributed by atoms with Crippen molar-refractivity contribution in [3.8, 4) is 0 Å². The highest BCUT2D eigenvalue weighted by atomic mass is 16.2. The van der Waals surface area contributed by atoms with E-state index in [0.717, 1.165) is 18.7 Å². The molecule has 6 nitrogen and oxygen atoms in total. The van der Waals surface area contributed by atoms with E-state index in [4.69, 9.17) is 0 Å². The Kier molecular flexibility index (Phi) is 5.36. The number of hydrogen-bond donors (Lipinski definition) is 0. The molecule has 0 atom stereocenters. The summed E-state index contributed by atoms with van der Waals surface area (Å²) in [7, 11) is 1.77. The quantitative estimate of drug-likeness (QED) is 0.739. The molecule has 2 saturated heterocycles. The number of carbonyl (C=O) groups excluding carboxylic acids is 3. The van der Waals surface area contributed by atoms with Crippen LogP contribution in [0.4, 0.5) is 5.69 Å². The summed E-state index contributed by atoms with van der Waals surface area (Å²) in [4.78, 5) is 40.9. The Labute approximate surface area is 148 Å². The van der Waals surface area contributed by atoms with Crippen LogP contribution in [0.3, 0.4) is 0 Å². The Hall–Kier alpha value is -2.37. The fraction of sp³-hybridized carbons (Fsp3) is 0.526. The van der Waals surface area contributed by atoms with Crippen molar-refractivity contribution in [2.45, 2.75) is 38.6 Å². The van der Waals surface area contributed by atoms with Gasteiger partial charge in [0.25, 0.3) is 0 Å². The summed E-state index contributed by atoms with van der Waals surface area (Å²) in [6, 6.07) is 8.20. The van der Waals surface area contributed by atoms with E-state index in [-0.39, 0.29) is 43.5 Å². The molecule has 1 aromatic carbocycles. The Morgan fingerprint density at radius 1 is 1.08 bits per heavy atom. The summed E-state index contributed by atoms with van der Waals surface area (Å²) in [5.74, 6) is -0.386. The molecule has 1 aromatic rings. The van der Waals surface area contributed by atoms with Crippen LogP contribution in [0.1, 0.15) is 37.7 Å². The average Bonchev–Trinajstić information content (AvgIpc) is 3.24. The van der Waals surface area contributed by atoms with E-state index in [1.807, 2.05) is 12.1 Å². The molecule has 0 N–H and O–H groups in total. The third-order valence-electron chi connectivity index (χ3n) is 4.98. The number of benzene rings is 1. The van der Waals surface area contributed by atoms with Crippen LogP contribution in [0.15, 0.2) is 24.3 Å². The Balaban J connectivity index is 1.58. The summed E-state index contributed by atoms with van der Waals surface area (Å²) in [6.07, 6.45) is 3.14. The number of likely N-dealkylation sites (tertiary alicyclic amines) is 1. The number of imide groups is 1. The number of carbonyl (C=O) groups is 3. The number of para-hydroxylation sites is 1. The average molecular weight is 343 g/mol. The standard InChI is InChI=1S/C19H25N3O3/c1-20(17(23)10-13-22-18(24)8-9-19(22)25)14-15-6-2-3-7-16(15)21-11-4-5-12-21/h2-3,6-7H,4-5,8-14H2,1H3. The van der Waals surface area contributed by atoms with Crippen LogP contribution < -0.4 is 4.90 Å². The molecular formula is C19H25N3O3. The van der Waals surface area contributed by atoms with Gasteiger partial charge in [0.05, 0.1) is 0 Å². The molecule has 2 aliphatic heterocycles. The number of hydrogen-bond acceptors (Lipinski definition) is 4. The molecule has 3 rings (SSSR count). The lowest BCUT2D eigenvalue weighted by Gasteiger charge is -2.25. The van der Waals surface area contributed by atoms with Gasteiger partial charge in [-0.25, -0.2) is 0 Å². The molecule has 0 spiro atoms. The maximum absolute atomic E-state index is 12.4. The van der Waals surface area contributed by atoms with Gasteiger partial charge in [-0.2, -0.15) is 0 Å². The van der Waals surface area contributed by atoms with Crippen molar-refractivity contribution in [3.05, 3.63) is 29.8 Å². The fourth-order valence-corrected chi connectivity index (χ4v) is 3.53. The number of nitrogens with zero attached hydrogens (tertiary/aromatic N) is 3. The van der Waals surface area contributed by atoms with Gasteiger partial charge in [-0.1, -0.05) is 18.2 Å². The molecule has 0 bridgehead atoms. The van der Waals surface area contributed by atoms with Gasteiger partial charge in [0, 0.05) is 58.2 Å².